The molecule has 2 N–H and O–H groups in total. The van der Waals surface area contributed by atoms with Crippen molar-refractivity contribution in [2.75, 3.05) is 5.73 Å². The fourth-order valence-corrected chi connectivity index (χ4v) is 3.36. The lowest BCUT2D eigenvalue weighted by molar-refractivity contribution is 0.879. The number of nitrogens with two attached hydrogens (primary N) is 1. The number of nitrogen functional groups attached to an aromatic ring is 1. The molecule has 5 heteroatoms. The van der Waals surface area contributed by atoms with Gasteiger partial charge in [-0.15, -0.1) is 11.3 Å². The molecule has 0 aliphatic heterocycles. The van der Waals surface area contributed by atoms with Crippen molar-refractivity contribution in [3.8, 4) is 0 Å². The van der Waals surface area contributed by atoms with Gasteiger partial charge in [0, 0.05) is 21.3 Å². The van der Waals surface area contributed by atoms with Gasteiger partial charge in [0.05, 0.1) is 5.69 Å². The first-order valence-electron chi connectivity index (χ1n) is 5.77. The Kier molecular flexibility index (Phi) is 4.49. The van der Waals surface area contributed by atoms with Crippen LogP contribution in [0, 0.1) is 0 Å². The molecule has 0 saturated carbocycles. The summed E-state index contributed by atoms with van der Waals surface area (Å²) in [5, 5.41) is 1.95. The monoisotopic (exact) mass is 300 g/mol. The number of halogens is 2. The van der Waals surface area contributed by atoms with Crippen molar-refractivity contribution < 1.29 is 0 Å². The van der Waals surface area contributed by atoms with Gasteiger partial charge in [0.15, 0.2) is 5.13 Å². The third kappa shape index (κ3) is 3.37. The van der Waals surface area contributed by atoms with Gasteiger partial charge >= 0.3 is 0 Å². The summed E-state index contributed by atoms with van der Waals surface area (Å²) in [6.07, 6.45) is 2.80. The fourth-order valence-electron chi connectivity index (χ4n) is 1.87. The topological polar surface area (TPSA) is 38.9 Å². The quantitative estimate of drug-likeness (QED) is 0.898. The van der Waals surface area contributed by atoms with Crippen molar-refractivity contribution in [3.63, 3.8) is 0 Å². The molecule has 0 radical (unpaired) electrons. The van der Waals surface area contributed by atoms with Crippen LogP contribution >= 0.6 is 34.5 Å². The van der Waals surface area contributed by atoms with Crippen LogP contribution in [0.15, 0.2) is 18.2 Å². The maximum Gasteiger partial charge on any atom is 0.180 e. The highest BCUT2D eigenvalue weighted by Crippen LogP contribution is 2.27. The average molecular weight is 301 g/mol. The van der Waals surface area contributed by atoms with Gasteiger partial charge in [0.2, 0.25) is 0 Å². The molecule has 0 amide bonds. The number of hydrogen-bond donors (Lipinski definition) is 1. The molecule has 0 unspecified atom stereocenters. The lowest BCUT2D eigenvalue weighted by Crippen LogP contribution is -1.93. The van der Waals surface area contributed by atoms with E-state index in [4.69, 9.17) is 28.9 Å². The van der Waals surface area contributed by atoms with Crippen molar-refractivity contribution in [2.45, 2.75) is 26.2 Å². The predicted molar refractivity (Wildman–Crippen MR) is 79.8 cm³/mol. The maximum atomic E-state index is 6.00. The molecular formula is C13H14Cl2N2S. The lowest BCUT2D eigenvalue weighted by atomic mass is 10.1. The van der Waals surface area contributed by atoms with Crippen LogP contribution in [0.4, 0.5) is 5.13 Å². The zero-order chi connectivity index (χ0) is 13.1. The molecule has 0 aliphatic carbocycles. The van der Waals surface area contributed by atoms with E-state index in [0.717, 1.165) is 30.5 Å². The molecule has 0 aliphatic rings. The van der Waals surface area contributed by atoms with Crippen LogP contribution in [0.2, 0.25) is 10.0 Å². The normalized spacial score (nSPS) is 10.8. The van der Waals surface area contributed by atoms with Gasteiger partial charge in [0.1, 0.15) is 0 Å². The Hall–Kier alpha value is -0.770. The third-order valence-corrected chi connectivity index (χ3v) is 3.93. The first-order chi connectivity index (χ1) is 8.58. The Morgan fingerprint density at radius 3 is 2.50 bits per heavy atom. The summed E-state index contributed by atoms with van der Waals surface area (Å²) in [6, 6.07) is 5.60. The summed E-state index contributed by atoms with van der Waals surface area (Å²) in [7, 11) is 0. The largest absolute Gasteiger partial charge is 0.375 e. The molecule has 1 heterocycles. The van der Waals surface area contributed by atoms with Gasteiger partial charge in [0.25, 0.3) is 0 Å². The smallest absolute Gasteiger partial charge is 0.180 e. The zero-order valence-corrected chi connectivity index (χ0v) is 12.4. The van der Waals surface area contributed by atoms with E-state index in [1.807, 2.05) is 12.1 Å². The van der Waals surface area contributed by atoms with E-state index in [0.29, 0.717) is 15.2 Å². The number of rotatable bonds is 4. The molecule has 0 atom stereocenters. The molecule has 1 aromatic carbocycles. The molecule has 2 aromatic rings. The van der Waals surface area contributed by atoms with Crippen LogP contribution in [0.25, 0.3) is 0 Å². The molecule has 96 valence electrons. The summed E-state index contributed by atoms with van der Waals surface area (Å²) in [6.45, 7) is 2.13. The Morgan fingerprint density at radius 1 is 1.22 bits per heavy atom. The number of hydrogen-bond acceptors (Lipinski definition) is 3. The van der Waals surface area contributed by atoms with Crippen LogP contribution in [-0.4, -0.2) is 4.98 Å². The lowest BCUT2D eigenvalue weighted by Gasteiger charge is -2.03. The number of anilines is 1. The Bertz CT molecular complexity index is 532. The molecule has 0 spiro atoms. The minimum Gasteiger partial charge on any atom is -0.375 e. The standard InChI is InChI=1S/C13H14Cl2N2S/c1-2-3-11-12(18-13(16)17-11)6-8-4-9(14)7-10(15)5-8/h4-5,7H,2-3,6H2,1H3,(H2,16,17). The van der Waals surface area contributed by atoms with Gasteiger partial charge in [-0.25, -0.2) is 4.98 Å². The van der Waals surface area contributed by atoms with Crippen molar-refractivity contribution in [1.29, 1.82) is 0 Å². The van der Waals surface area contributed by atoms with Gasteiger partial charge in [-0.3, -0.25) is 0 Å². The number of benzene rings is 1. The van der Waals surface area contributed by atoms with Crippen LogP contribution < -0.4 is 5.73 Å². The van der Waals surface area contributed by atoms with E-state index in [-0.39, 0.29) is 0 Å². The van der Waals surface area contributed by atoms with Crippen LogP contribution in [0.3, 0.4) is 0 Å². The van der Waals surface area contributed by atoms with Crippen LogP contribution in [0.5, 0.6) is 0 Å². The van der Waals surface area contributed by atoms with E-state index in [1.165, 1.54) is 4.88 Å². The summed E-state index contributed by atoms with van der Waals surface area (Å²) in [5.74, 6) is 0. The second kappa shape index (κ2) is 5.91. The summed E-state index contributed by atoms with van der Waals surface area (Å²) >= 11 is 13.5. The van der Waals surface area contributed by atoms with Gasteiger partial charge < -0.3 is 5.73 Å². The number of thiazole rings is 1. The Morgan fingerprint density at radius 2 is 1.89 bits per heavy atom. The van der Waals surface area contributed by atoms with E-state index in [9.17, 15) is 0 Å². The SMILES string of the molecule is CCCc1nc(N)sc1Cc1cc(Cl)cc(Cl)c1. The molecule has 0 bridgehead atoms. The fraction of sp³-hybridized carbons (Fsp3) is 0.308. The third-order valence-electron chi connectivity index (χ3n) is 2.57. The second-order valence-corrected chi connectivity index (χ2v) is 6.11. The molecule has 1 aromatic heterocycles. The molecule has 0 fully saturated rings. The van der Waals surface area contributed by atoms with Crippen LogP contribution in [0.1, 0.15) is 29.5 Å². The predicted octanol–water partition coefficient (Wildman–Crippen LogP) is 4.58. The van der Waals surface area contributed by atoms with Gasteiger partial charge in [-0.2, -0.15) is 0 Å². The van der Waals surface area contributed by atoms with Crippen molar-refractivity contribution >= 4 is 39.7 Å². The van der Waals surface area contributed by atoms with Gasteiger partial charge in [-0.1, -0.05) is 36.5 Å². The van der Waals surface area contributed by atoms with Crippen molar-refractivity contribution in [1.82, 2.24) is 4.98 Å². The Balaban J connectivity index is 2.27. The highest BCUT2D eigenvalue weighted by Gasteiger charge is 2.10. The van der Waals surface area contributed by atoms with E-state index < -0.39 is 0 Å². The average Bonchev–Trinajstić information content (AvgIpc) is 2.58. The van der Waals surface area contributed by atoms with Gasteiger partial charge in [-0.05, 0) is 30.2 Å². The minimum absolute atomic E-state index is 0.626. The molecule has 18 heavy (non-hydrogen) atoms. The Labute approximate surface area is 121 Å². The first kappa shape index (κ1) is 13.7. The molecular weight excluding hydrogens is 287 g/mol. The number of aryl methyl sites for hydroxylation is 1. The molecule has 0 saturated heterocycles. The summed E-state index contributed by atoms with van der Waals surface area (Å²) in [4.78, 5) is 5.57. The van der Waals surface area contributed by atoms with Crippen molar-refractivity contribution in [3.05, 3.63) is 44.4 Å². The summed E-state index contributed by atoms with van der Waals surface area (Å²) in [5.41, 5.74) is 7.96. The molecule has 2 nitrogen and oxygen atoms in total. The van der Waals surface area contributed by atoms with E-state index in [2.05, 4.69) is 11.9 Å². The molecule has 2 rings (SSSR count). The zero-order valence-electron chi connectivity index (χ0n) is 10.0. The van der Waals surface area contributed by atoms with Crippen molar-refractivity contribution in [2.24, 2.45) is 0 Å². The van der Waals surface area contributed by atoms with E-state index >= 15 is 0 Å². The highest BCUT2D eigenvalue weighted by molar-refractivity contribution is 7.15. The maximum absolute atomic E-state index is 6.00. The highest BCUT2D eigenvalue weighted by atomic mass is 35.5. The van der Waals surface area contributed by atoms with E-state index in [1.54, 1.807) is 17.4 Å². The minimum atomic E-state index is 0.626. The number of aromatic nitrogens is 1. The second-order valence-electron chi connectivity index (χ2n) is 4.13. The first-order valence-corrected chi connectivity index (χ1v) is 7.34. The van der Waals surface area contributed by atoms with Crippen LogP contribution in [-0.2, 0) is 12.8 Å². The number of nitrogens with zero attached hydrogens (tertiary/aromatic N) is 1. The summed E-state index contributed by atoms with van der Waals surface area (Å²) < 4.78 is 0.